The van der Waals surface area contributed by atoms with Gasteiger partial charge >= 0.3 is 0 Å². The average molecular weight is 288 g/mol. The molecule has 1 saturated carbocycles. The Morgan fingerprint density at radius 2 is 2.10 bits per heavy atom. The van der Waals surface area contributed by atoms with Crippen molar-refractivity contribution in [2.75, 3.05) is 7.11 Å². The van der Waals surface area contributed by atoms with Gasteiger partial charge in [-0.1, -0.05) is 20.8 Å². The van der Waals surface area contributed by atoms with Gasteiger partial charge in [0.1, 0.15) is 11.3 Å². The fourth-order valence-electron chi connectivity index (χ4n) is 3.49. The molecule has 3 unspecified atom stereocenters. The molecule has 0 bridgehead atoms. The second-order valence-electron chi connectivity index (χ2n) is 6.79. The summed E-state index contributed by atoms with van der Waals surface area (Å²) in [6.45, 7) is 6.79. The van der Waals surface area contributed by atoms with E-state index in [0.717, 1.165) is 35.6 Å². The molecule has 4 heteroatoms. The first-order valence-corrected chi connectivity index (χ1v) is 7.63. The van der Waals surface area contributed by atoms with Crippen molar-refractivity contribution >= 4 is 11.1 Å². The highest BCUT2D eigenvalue weighted by atomic mass is 16.5. The molecule has 4 nitrogen and oxygen atoms in total. The van der Waals surface area contributed by atoms with Crippen molar-refractivity contribution in [2.45, 2.75) is 45.6 Å². The molecule has 3 atom stereocenters. The number of nitrogens with zero attached hydrogens (tertiary/aromatic N) is 1. The van der Waals surface area contributed by atoms with Crippen LogP contribution in [0.3, 0.4) is 0 Å². The molecule has 1 aliphatic rings. The normalized spacial score (nSPS) is 28.7. The van der Waals surface area contributed by atoms with Gasteiger partial charge < -0.3 is 14.9 Å². The third kappa shape index (κ3) is 2.31. The molecule has 0 radical (unpaired) electrons. The summed E-state index contributed by atoms with van der Waals surface area (Å²) in [7, 11) is 1.66. The summed E-state index contributed by atoms with van der Waals surface area (Å²) in [5.41, 5.74) is 8.01. The zero-order chi connectivity index (χ0) is 15.2. The summed E-state index contributed by atoms with van der Waals surface area (Å²) < 4.78 is 11.3. The highest BCUT2D eigenvalue weighted by Crippen LogP contribution is 2.49. The maximum absolute atomic E-state index is 6.24. The molecule has 0 amide bonds. The van der Waals surface area contributed by atoms with E-state index in [9.17, 15) is 0 Å². The van der Waals surface area contributed by atoms with Crippen molar-refractivity contribution < 1.29 is 9.15 Å². The van der Waals surface area contributed by atoms with Crippen molar-refractivity contribution in [1.82, 2.24) is 4.98 Å². The van der Waals surface area contributed by atoms with Gasteiger partial charge in [-0.05, 0) is 36.3 Å². The fraction of sp³-hybridized carbons (Fsp3) is 0.588. The summed E-state index contributed by atoms with van der Waals surface area (Å²) in [5.74, 6) is 2.39. The van der Waals surface area contributed by atoms with Gasteiger partial charge in [0.2, 0.25) is 0 Å². The molecule has 114 valence electrons. The largest absolute Gasteiger partial charge is 0.497 e. The van der Waals surface area contributed by atoms with Gasteiger partial charge in [0, 0.05) is 18.0 Å². The van der Waals surface area contributed by atoms with Crippen LogP contribution in [0, 0.1) is 11.3 Å². The Kier molecular flexibility index (Phi) is 3.44. The van der Waals surface area contributed by atoms with Crippen LogP contribution in [0.5, 0.6) is 5.75 Å². The lowest BCUT2D eigenvalue weighted by Gasteiger charge is -2.45. The fourth-order valence-corrected chi connectivity index (χ4v) is 3.49. The second kappa shape index (κ2) is 5.02. The van der Waals surface area contributed by atoms with Crippen LogP contribution >= 0.6 is 0 Å². The van der Waals surface area contributed by atoms with E-state index in [1.54, 1.807) is 7.11 Å². The van der Waals surface area contributed by atoms with Crippen LogP contribution in [-0.2, 0) is 0 Å². The van der Waals surface area contributed by atoms with Crippen molar-refractivity contribution in [3.63, 3.8) is 0 Å². The molecule has 21 heavy (non-hydrogen) atoms. The first kappa shape index (κ1) is 14.4. The maximum atomic E-state index is 6.24. The molecule has 0 aliphatic heterocycles. The van der Waals surface area contributed by atoms with Gasteiger partial charge in [0.05, 0.1) is 7.11 Å². The standard InChI is InChI=1S/C17H24N2O2/c1-10-13(18)7-6-12(17(10,2)3)16-19-14-8-5-11(20-4)9-15(14)21-16/h5,8-10,12-13H,6-7,18H2,1-4H3. The summed E-state index contributed by atoms with van der Waals surface area (Å²) in [4.78, 5) is 4.70. The van der Waals surface area contributed by atoms with Crippen molar-refractivity contribution in [3.05, 3.63) is 24.1 Å². The Balaban J connectivity index is 1.99. The zero-order valence-corrected chi connectivity index (χ0v) is 13.2. The number of nitrogens with two attached hydrogens (primary N) is 1. The molecule has 2 aromatic rings. The van der Waals surface area contributed by atoms with Gasteiger partial charge in [0.15, 0.2) is 11.5 Å². The topological polar surface area (TPSA) is 61.3 Å². The van der Waals surface area contributed by atoms with Crippen LogP contribution in [0.15, 0.2) is 22.6 Å². The van der Waals surface area contributed by atoms with E-state index in [2.05, 4.69) is 20.8 Å². The van der Waals surface area contributed by atoms with Crippen molar-refractivity contribution in [1.29, 1.82) is 0 Å². The minimum absolute atomic E-state index is 0.0859. The summed E-state index contributed by atoms with van der Waals surface area (Å²) in [6, 6.07) is 6.03. The monoisotopic (exact) mass is 288 g/mol. The van der Waals surface area contributed by atoms with Crippen LogP contribution in [0.2, 0.25) is 0 Å². The Labute approximate surface area is 125 Å². The van der Waals surface area contributed by atoms with E-state index in [-0.39, 0.29) is 11.5 Å². The first-order valence-electron chi connectivity index (χ1n) is 7.63. The Bertz CT molecular complexity index is 647. The molecular weight excluding hydrogens is 264 g/mol. The maximum Gasteiger partial charge on any atom is 0.199 e. The van der Waals surface area contributed by atoms with E-state index >= 15 is 0 Å². The third-order valence-electron chi connectivity index (χ3n) is 5.41. The van der Waals surface area contributed by atoms with Gasteiger partial charge in [-0.25, -0.2) is 4.98 Å². The van der Waals surface area contributed by atoms with Crippen molar-refractivity contribution in [3.8, 4) is 5.75 Å². The number of hydrogen-bond donors (Lipinski definition) is 1. The number of oxazole rings is 1. The number of rotatable bonds is 2. The van der Waals surface area contributed by atoms with Crippen molar-refractivity contribution in [2.24, 2.45) is 17.1 Å². The van der Waals surface area contributed by atoms with E-state index in [4.69, 9.17) is 19.9 Å². The molecular formula is C17H24N2O2. The van der Waals surface area contributed by atoms with Crippen LogP contribution in [0.25, 0.3) is 11.1 Å². The number of methoxy groups -OCH3 is 1. The molecule has 1 aliphatic carbocycles. The van der Waals surface area contributed by atoms with E-state index in [0.29, 0.717) is 11.8 Å². The third-order valence-corrected chi connectivity index (χ3v) is 5.41. The summed E-state index contributed by atoms with van der Waals surface area (Å²) >= 11 is 0. The Morgan fingerprint density at radius 3 is 2.81 bits per heavy atom. The molecule has 3 rings (SSSR count). The quantitative estimate of drug-likeness (QED) is 0.915. The van der Waals surface area contributed by atoms with E-state index in [1.165, 1.54) is 0 Å². The predicted octanol–water partition coefficient (Wildman–Crippen LogP) is 3.70. The molecule has 1 heterocycles. The van der Waals surface area contributed by atoms with Gasteiger partial charge in [-0.2, -0.15) is 0 Å². The number of benzene rings is 1. The lowest BCUT2D eigenvalue weighted by atomic mass is 9.61. The van der Waals surface area contributed by atoms with Gasteiger partial charge in [0.25, 0.3) is 0 Å². The molecule has 0 spiro atoms. The summed E-state index contributed by atoms with van der Waals surface area (Å²) in [5, 5.41) is 0. The minimum atomic E-state index is 0.0859. The Hall–Kier alpha value is -1.55. The second-order valence-corrected chi connectivity index (χ2v) is 6.79. The Morgan fingerprint density at radius 1 is 1.33 bits per heavy atom. The average Bonchev–Trinajstić information content (AvgIpc) is 2.87. The van der Waals surface area contributed by atoms with Crippen LogP contribution in [-0.4, -0.2) is 18.1 Å². The number of hydrogen-bond acceptors (Lipinski definition) is 4. The molecule has 0 saturated heterocycles. The van der Waals surface area contributed by atoms with Crippen LogP contribution < -0.4 is 10.5 Å². The molecule has 2 N–H and O–H groups in total. The smallest absolute Gasteiger partial charge is 0.199 e. The first-order chi connectivity index (χ1) is 9.93. The predicted molar refractivity (Wildman–Crippen MR) is 83.5 cm³/mol. The van der Waals surface area contributed by atoms with E-state index < -0.39 is 0 Å². The summed E-state index contributed by atoms with van der Waals surface area (Å²) in [6.07, 6.45) is 2.06. The number of fused-ring (bicyclic) bond motifs is 1. The van der Waals surface area contributed by atoms with Crippen LogP contribution in [0.1, 0.15) is 45.4 Å². The lowest BCUT2D eigenvalue weighted by molar-refractivity contribution is 0.0854. The molecule has 1 aromatic heterocycles. The molecule has 1 fully saturated rings. The van der Waals surface area contributed by atoms with E-state index in [1.807, 2.05) is 18.2 Å². The number of aromatic nitrogens is 1. The SMILES string of the molecule is COc1ccc2nc(C3CCC(N)C(C)C3(C)C)oc2c1. The number of ether oxygens (including phenoxy) is 1. The van der Waals surface area contributed by atoms with Gasteiger partial charge in [-0.15, -0.1) is 0 Å². The molecule has 1 aromatic carbocycles. The van der Waals surface area contributed by atoms with Crippen LogP contribution in [0.4, 0.5) is 0 Å². The lowest BCUT2D eigenvalue weighted by Crippen LogP contribution is -2.45. The highest BCUT2D eigenvalue weighted by molar-refractivity contribution is 5.74. The zero-order valence-electron chi connectivity index (χ0n) is 13.2. The minimum Gasteiger partial charge on any atom is -0.497 e. The van der Waals surface area contributed by atoms with Gasteiger partial charge in [-0.3, -0.25) is 0 Å². The highest BCUT2D eigenvalue weighted by Gasteiger charge is 2.44.